The number of hydrogen-bond donors (Lipinski definition) is 0. The average Bonchev–Trinajstić information content (AvgIpc) is 3.85. The maximum atomic E-state index is 4.96. The van der Waals surface area contributed by atoms with Gasteiger partial charge in [-0.05, 0) is 103 Å². The number of aromatic nitrogens is 3. The van der Waals surface area contributed by atoms with E-state index >= 15 is 0 Å². The summed E-state index contributed by atoms with van der Waals surface area (Å²) in [7, 11) is 0. The van der Waals surface area contributed by atoms with Gasteiger partial charge in [0.25, 0.3) is 0 Å². The summed E-state index contributed by atoms with van der Waals surface area (Å²) in [5.41, 5.74) is 12.7. The maximum absolute atomic E-state index is 4.96. The molecule has 0 aliphatic carbocycles. The van der Waals surface area contributed by atoms with Crippen LogP contribution < -0.4 is 0 Å². The molecule has 10 aromatic rings. The molecule has 10 rings (SSSR count). The van der Waals surface area contributed by atoms with Gasteiger partial charge in [0.05, 0.1) is 22.1 Å². The molecule has 6 aromatic carbocycles. The Morgan fingerprint density at radius 1 is 0.577 bits per heavy atom. The number of nitrogens with zero attached hydrogens (tertiary/aromatic N) is 4. The second-order valence-corrected chi connectivity index (χ2v) is 14.2. The lowest BCUT2D eigenvalue weighted by atomic mass is 10.00. The fourth-order valence-electron chi connectivity index (χ4n) is 7.78. The quantitative estimate of drug-likeness (QED) is 0.161. The average molecular weight is 685 g/mol. The lowest BCUT2D eigenvalue weighted by Crippen LogP contribution is -1.93. The number of hydrogen-bond acceptors (Lipinski definition) is 3. The Labute approximate surface area is 304 Å². The largest absolute Gasteiger partial charge is 0.309 e. The molecule has 0 spiro atoms. The SMILES string of the molecule is C=Nc1sc2ncc(-c3ccc4c(c3)c3ccccc3n4-c3ccccc3)cc2c1/C=C(\C)c1ccc2c(c1)c1ccccc1n2-c1ccccc1. The van der Waals surface area contributed by atoms with Gasteiger partial charge < -0.3 is 9.13 Å². The molecule has 0 aliphatic heterocycles. The molecule has 0 radical (unpaired) electrons. The highest BCUT2D eigenvalue weighted by molar-refractivity contribution is 7.22. The van der Waals surface area contributed by atoms with Crippen LogP contribution in [0.1, 0.15) is 18.1 Å². The first-order valence-corrected chi connectivity index (χ1v) is 18.2. The molecular weight excluding hydrogens is 653 g/mol. The molecule has 5 heteroatoms. The fraction of sp³-hybridized carbons (Fsp3) is 0.0213. The zero-order valence-corrected chi connectivity index (χ0v) is 29.3. The number of allylic oxidation sites excluding steroid dienone is 1. The third-order valence-corrected chi connectivity index (χ3v) is 11.3. The van der Waals surface area contributed by atoms with Crippen LogP contribution in [0.3, 0.4) is 0 Å². The van der Waals surface area contributed by atoms with Gasteiger partial charge in [-0.2, -0.15) is 0 Å². The van der Waals surface area contributed by atoms with E-state index in [4.69, 9.17) is 4.98 Å². The summed E-state index contributed by atoms with van der Waals surface area (Å²) in [6, 6.07) is 54.3. The van der Waals surface area contributed by atoms with Crippen molar-refractivity contribution in [3.63, 3.8) is 0 Å². The van der Waals surface area contributed by atoms with E-state index in [9.17, 15) is 0 Å². The number of benzene rings is 6. The van der Waals surface area contributed by atoms with Gasteiger partial charge in [-0.15, -0.1) is 0 Å². The van der Waals surface area contributed by atoms with Crippen LogP contribution in [0.2, 0.25) is 0 Å². The van der Waals surface area contributed by atoms with Gasteiger partial charge in [-0.25, -0.2) is 4.98 Å². The first kappa shape index (κ1) is 30.3. The van der Waals surface area contributed by atoms with Crippen molar-refractivity contribution in [2.45, 2.75) is 6.92 Å². The van der Waals surface area contributed by atoms with Crippen LogP contribution in [0, 0.1) is 0 Å². The van der Waals surface area contributed by atoms with Crippen molar-refractivity contribution in [3.8, 4) is 22.5 Å². The van der Waals surface area contributed by atoms with E-state index in [1.165, 1.54) is 49.2 Å². The van der Waals surface area contributed by atoms with E-state index in [0.29, 0.717) is 0 Å². The smallest absolute Gasteiger partial charge is 0.125 e. The molecule has 0 saturated heterocycles. The van der Waals surface area contributed by atoms with Gasteiger partial charge in [0, 0.05) is 55.6 Å². The predicted octanol–water partition coefficient (Wildman–Crippen LogP) is 13.1. The molecule has 0 saturated carbocycles. The number of thiophene rings is 1. The normalized spacial score (nSPS) is 12.1. The Kier molecular flexibility index (Phi) is 7.01. The van der Waals surface area contributed by atoms with E-state index in [-0.39, 0.29) is 0 Å². The predicted molar refractivity (Wildman–Crippen MR) is 223 cm³/mol. The number of pyridine rings is 1. The minimum absolute atomic E-state index is 0.877. The van der Waals surface area contributed by atoms with E-state index in [0.717, 1.165) is 48.9 Å². The molecule has 0 unspecified atom stereocenters. The lowest BCUT2D eigenvalue weighted by Gasteiger charge is -2.08. The van der Waals surface area contributed by atoms with E-state index in [2.05, 4.69) is 186 Å². The molecule has 0 N–H and O–H groups in total. The Morgan fingerprint density at radius 2 is 1.12 bits per heavy atom. The zero-order valence-electron chi connectivity index (χ0n) is 28.5. The third kappa shape index (κ3) is 4.74. The first-order valence-electron chi connectivity index (χ1n) is 17.4. The molecular formula is C47H32N4S. The van der Waals surface area contributed by atoms with E-state index < -0.39 is 0 Å². The van der Waals surface area contributed by atoms with Crippen molar-refractivity contribution in [2.24, 2.45) is 4.99 Å². The highest BCUT2D eigenvalue weighted by Crippen LogP contribution is 2.42. The summed E-state index contributed by atoms with van der Waals surface area (Å²) in [4.78, 5) is 10.4. The standard InChI is InChI=1S/C47H32N4S/c1-30(31-21-23-44-38(26-31)36-17-9-11-19-42(36)50(44)34-13-5-3-6-14-34)25-40-41-28-33(29-49-47(41)52-46(40)48-2)32-22-24-45-39(27-32)37-18-10-12-20-43(37)51(45)35-15-7-4-8-16-35/h3-29H,2H2,1H3/b30-25+. The second kappa shape index (κ2) is 12.0. The lowest BCUT2D eigenvalue weighted by molar-refractivity contribution is 1.18. The highest BCUT2D eigenvalue weighted by atomic mass is 32.1. The van der Waals surface area contributed by atoms with Gasteiger partial charge >= 0.3 is 0 Å². The summed E-state index contributed by atoms with van der Waals surface area (Å²) in [5, 5.41) is 6.88. The molecule has 0 bridgehead atoms. The molecule has 4 heterocycles. The van der Waals surface area contributed by atoms with Crippen LogP contribution in [0.25, 0.3) is 88.0 Å². The molecule has 4 nitrogen and oxygen atoms in total. The molecule has 4 aromatic heterocycles. The van der Waals surface area contributed by atoms with Crippen molar-refractivity contribution < 1.29 is 0 Å². The summed E-state index contributed by atoms with van der Waals surface area (Å²) in [6.07, 6.45) is 4.24. The van der Waals surface area contributed by atoms with Crippen molar-refractivity contribution >= 4 is 88.5 Å². The molecule has 0 amide bonds. The van der Waals surface area contributed by atoms with Crippen molar-refractivity contribution in [1.29, 1.82) is 0 Å². The van der Waals surface area contributed by atoms with Gasteiger partial charge in [0.1, 0.15) is 9.83 Å². The van der Waals surface area contributed by atoms with Crippen molar-refractivity contribution in [3.05, 3.63) is 169 Å². The fourth-order valence-corrected chi connectivity index (χ4v) is 8.69. The number of aliphatic imine (C=N–C) groups is 1. The molecule has 0 fully saturated rings. The van der Waals surface area contributed by atoms with Crippen LogP contribution in [0.4, 0.5) is 5.00 Å². The van der Waals surface area contributed by atoms with Crippen LogP contribution in [0.15, 0.2) is 163 Å². The highest BCUT2D eigenvalue weighted by Gasteiger charge is 2.17. The Morgan fingerprint density at radius 3 is 1.75 bits per heavy atom. The van der Waals surface area contributed by atoms with Crippen LogP contribution in [0.5, 0.6) is 0 Å². The van der Waals surface area contributed by atoms with Gasteiger partial charge in [0.2, 0.25) is 0 Å². The molecule has 0 aliphatic rings. The Hall–Kier alpha value is -6.56. The monoisotopic (exact) mass is 684 g/mol. The topological polar surface area (TPSA) is 35.1 Å². The molecule has 52 heavy (non-hydrogen) atoms. The zero-order chi connectivity index (χ0) is 34.8. The van der Waals surface area contributed by atoms with Gasteiger partial charge in [0.15, 0.2) is 0 Å². The Bertz CT molecular complexity index is 3030. The van der Waals surface area contributed by atoms with Crippen LogP contribution in [-0.4, -0.2) is 20.8 Å². The number of para-hydroxylation sites is 4. The number of rotatable bonds is 6. The number of fused-ring (bicyclic) bond motifs is 7. The van der Waals surface area contributed by atoms with E-state index in [1.807, 2.05) is 6.20 Å². The third-order valence-electron chi connectivity index (χ3n) is 10.2. The Balaban J connectivity index is 1.09. The molecule has 246 valence electrons. The van der Waals surface area contributed by atoms with Gasteiger partial charge in [-0.1, -0.05) is 96.3 Å². The second-order valence-electron chi connectivity index (χ2n) is 13.2. The summed E-state index contributed by atoms with van der Waals surface area (Å²) < 4.78 is 4.70. The summed E-state index contributed by atoms with van der Waals surface area (Å²) in [5.74, 6) is 0. The van der Waals surface area contributed by atoms with E-state index in [1.54, 1.807) is 11.3 Å². The first-order chi connectivity index (χ1) is 25.7. The summed E-state index contributed by atoms with van der Waals surface area (Å²) in [6.45, 7) is 6.12. The molecule has 0 atom stereocenters. The van der Waals surface area contributed by atoms with Crippen molar-refractivity contribution in [2.75, 3.05) is 0 Å². The minimum Gasteiger partial charge on any atom is -0.309 e. The summed E-state index contributed by atoms with van der Waals surface area (Å²) >= 11 is 1.58. The maximum Gasteiger partial charge on any atom is 0.125 e. The van der Waals surface area contributed by atoms with Crippen LogP contribution in [-0.2, 0) is 0 Å². The van der Waals surface area contributed by atoms with Gasteiger partial charge in [-0.3, -0.25) is 4.99 Å². The minimum atomic E-state index is 0.877. The van der Waals surface area contributed by atoms with Crippen LogP contribution >= 0.6 is 11.3 Å². The van der Waals surface area contributed by atoms with Crippen molar-refractivity contribution in [1.82, 2.24) is 14.1 Å².